The first-order chi connectivity index (χ1) is 4.79. The van der Waals surface area contributed by atoms with E-state index in [1.54, 1.807) is 0 Å². The maximum atomic E-state index is 9.85. The molecule has 1 rings (SSSR count). The summed E-state index contributed by atoms with van der Waals surface area (Å²) in [6, 6.07) is 0. The molecule has 0 aromatic carbocycles. The first kappa shape index (κ1) is 10.2. The maximum absolute atomic E-state index is 9.85. The van der Waals surface area contributed by atoms with Crippen LogP contribution in [0, 0.1) is 10.1 Å². The van der Waals surface area contributed by atoms with Gasteiger partial charge in [-0.25, -0.2) is 0 Å². The summed E-state index contributed by atoms with van der Waals surface area (Å²) in [5, 5.41) is 9.17. The zero-order valence-electron chi connectivity index (χ0n) is 6.49. The van der Waals surface area contributed by atoms with Gasteiger partial charge in [0, 0.05) is 0 Å². The second-order valence-electron chi connectivity index (χ2n) is 2.59. The van der Waals surface area contributed by atoms with Gasteiger partial charge in [-0.2, -0.15) is 0 Å². The Bertz CT molecular complexity index is 123. The molecule has 0 heterocycles. The van der Waals surface area contributed by atoms with Crippen molar-refractivity contribution in [2.24, 2.45) is 0 Å². The summed E-state index contributed by atoms with van der Waals surface area (Å²) in [6.07, 6.45) is 4.90. The van der Waals surface area contributed by atoms with E-state index in [1.165, 1.54) is 6.42 Å². The lowest BCUT2D eigenvalue weighted by atomic mass is 9.98. The molecule has 3 N–H and O–H groups in total. The van der Waals surface area contributed by atoms with Gasteiger partial charge >= 0.3 is 0 Å². The van der Waals surface area contributed by atoms with E-state index in [2.05, 4.69) is 4.84 Å². The second-order valence-corrected chi connectivity index (χ2v) is 2.59. The summed E-state index contributed by atoms with van der Waals surface area (Å²) in [6.45, 7) is 0. The van der Waals surface area contributed by atoms with Gasteiger partial charge in [-0.1, -0.05) is 19.3 Å². The van der Waals surface area contributed by atoms with Gasteiger partial charge in [-0.05, 0) is 12.8 Å². The van der Waals surface area contributed by atoms with Crippen molar-refractivity contribution in [3.05, 3.63) is 10.1 Å². The molecule has 0 amide bonds. The molecule has 1 aliphatic rings. The number of rotatable bonds is 2. The van der Waals surface area contributed by atoms with Crippen molar-refractivity contribution in [3.63, 3.8) is 0 Å². The van der Waals surface area contributed by atoms with Gasteiger partial charge < -0.3 is 11.0 Å². The quantitative estimate of drug-likeness (QED) is 0.494. The van der Waals surface area contributed by atoms with E-state index in [9.17, 15) is 10.1 Å². The summed E-state index contributed by atoms with van der Waals surface area (Å²) in [7, 11) is 0. The predicted molar refractivity (Wildman–Crippen MR) is 40.0 cm³/mol. The summed E-state index contributed by atoms with van der Waals surface area (Å²) >= 11 is 0. The molecule has 1 saturated carbocycles. The van der Waals surface area contributed by atoms with E-state index in [-0.39, 0.29) is 12.3 Å². The monoisotopic (exact) mass is 162 g/mol. The van der Waals surface area contributed by atoms with Crippen molar-refractivity contribution in [1.29, 1.82) is 0 Å². The Morgan fingerprint density at radius 2 is 1.82 bits per heavy atom. The summed E-state index contributed by atoms with van der Waals surface area (Å²) < 4.78 is 0. The van der Waals surface area contributed by atoms with Gasteiger partial charge in [-0.15, -0.1) is 10.1 Å². The van der Waals surface area contributed by atoms with Crippen LogP contribution in [-0.2, 0) is 4.84 Å². The summed E-state index contributed by atoms with van der Waals surface area (Å²) in [5.74, 6) is 0. The summed E-state index contributed by atoms with van der Waals surface area (Å²) in [5.41, 5.74) is 0. The van der Waals surface area contributed by atoms with E-state index < -0.39 is 5.09 Å². The smallest absolute Gasteiger partial charge is 0.294 e. The molecule has 0 unspecified atom stereocenters. The standard InChI is InChI=1S/C6H11NO3.H3N/c8-7(9)10-6-4-2-1-3-5-6;/h6H,1-5H2;1H3. The summed E-state index contributed by atoms with van der Waals surface area (Å²) in [4.78, 5) is 14.3. The lowest BCUT2D eigenvalue weighted by molar-refractivity contribution is -0.769. The highest BCUT2D eigenvalue weighted by Gasteiger charge is 2.16. The molecule has 66 valence electrons. The van der Waals surface area contributed by atoms with Gasteiger partial charge in [0.1, 0.15) is 6.10 Å². The first-order valence-electron chi connectivity index (χ1n) is 3.60. The van der Waals surface area contributed by atoms with Crippen molar-refractivity contribution in [3.8, 4) is 0 Å². The third-order valence-corrected chi connectivity index (χ3v) is 1.79. The molecule has 0 bridgehead atoms. The maximum Gasteiger partial charge on any atom is 0.294 e. The highest BCUT2D eigenvalue weighted by molar-refractivity contribution is 4.63. The predicted octanol–water partition coefficient (Wildman–Crippen LogP) is 1.69. The lowest BCUT2D eigenvalue weighted by Crippen LogP contribution is -2.19. The fourth-order valence-corrected chi connectivity index (χ4v) is 1.29. The second kappa shape index (κ2) is 4.90. The molecule has 0 atom stereocenters. The van der Waals surface area contributed by atoms with Crippen molar-refractivity contribution >= 4 is 0 Å². The van der Waals surface area contributed by atoms with Crippen LogP contribution in [-0.4, -0.2) is 11.2 Å². The van der Waals surface area contributed by atoms with Crippen LogP contribution in [0.1, 0.15) is 32.1 Å². The van der Waals surface area contributed by atoms with Crippen molar-refractivity contribution in [1.82, 2.24) is 6.15 Å². The Kier molecular flexibility index (Phi) is 4.52. The first-order valence-corrected chi connectivity index (χ1v) is 3.60. The van der Waals surface area contributed by atoms with Gasteiger partial charge in [0.05, 0.1) is 0 Å². The highest BCUT2D eigenvalue weighted by atomic mass is 17.0. The Hall–Kier alpha value is -0.840. The Labute approximate surface area is 65.4 Å². The molecule has 1 aliphatic carbocycles. The van der Waals surface area contributed by atoms with E-state index in [4.69, 9.17) is 0 Å². The highest BCUT2D eigenvalue weighted by Crippen LogP contribution is 2.19. The molecule has 1 fully saturated rings. The van der Waals surface area contributed by atoms with Gasteiger partial charge in [0.25, 0.3) is 5.09 Å². The number of nitrogens with zero attached hydrogens (tertiary/aromatic N) is 1. The zero-order chi connectivity index (χ0) is 7.40. The van der Waals surface area contributed by atoms with Gasteiger partial charge in [0.2, 0.25) is 0 Å². The van der Waals surface area contributed by atoms with Gasteiger partial charge in [0.15, 0.2) is 0 Å². The van der Waals surface area contributed by atoms with Crippen LogP contribution in [0.2, 0.25) is 0 Å². The van der Waals surface area contributed by atoms with Crippen LogP contribution < -0.4 is 6.15 Å². The van der Waals surface area contributed by atoms with Gasteiger partial charge in [-0.3, -0.25) is 0 Å². The topological polar surface area (TPSA) is 87.4 Å². The number of hydrogen-bond acceptors (Lipinski definition) is 4. The van der Waals surface area contributed by atoms with Crippen LogP contribution in [0.25, 0.3) is 0 Å². The van der Waals surface area contributed by atoms with E-state index in [0.29, 0.717) is 0 Å². The number of hydrogen-bond donors (Lipinski definition) is 1. The Morgan fingerprint density at radius 3 is 2.27 bits per heavy atom. The molecule has 11 heavy (non-hydrogen) atoms. The Balaban J connectivity index is 0.000001000. The molecule has 0 radical (unpaired) electrons. The fourth-order valence-electron chi connectivity index (χ4n) is 1.29. The molecular weight excluding hydrogens is 148 g/mol. The molecule has 5 nitrogen and oxygen atoms in total. The average molecular weight is 162 g/mol. The third-order valence-electron chi connectivity index (χ3n) is 1.79. The van der Waals surface area contributed by atoms with E-state index in [1.807, 2.05) is 0 Å². The molecular formula is C6H14N2O3. The fraction of sp³-hybridized carbons (Fsp3) is 1.00. The molecule has 0 aliphatic heterocycles. The molecule has 0 aromatic heterocycles. The van der Waals surface area contributed by atoms with Crippen LogP contribution in [0.3, 0.4) is 0 Å². The average Bonchev–Trinajstić information content (AvgIpc) is 1.88. The lowest BCUT2D eigenvalue weighted by Gasteiger charge is -2.18. The van der Waals surface area contributed by atoms with Crippen LogP contribution in [0.15, 0.2) is 0 Å². The minimum atomic E-state index is -0.685. The van der Waals surface area contributed by atoms with Crippen molar-refractivity contribution in [2.45, 2.75) is 38.2 Å². The van der Waals surface area contributed by atoms with Crippen LogP contribution in [0.4, 0.5) is 0 Å². The molecule has 0 aromatic rings. The molecule has 0 spiro atoms. The minimum absolute atomic E-state index is 0. The van der Waals surface area contributed by atoms with E-state index >= 15 is 0 Å². The van der Waals surface area contributed by atoms with Crippen LogP contribution in [0.5, 0.6) is 0 Å². The molecule has 5 heteroatoms. The Morgan fingerprint density at radius 1 is 1.27 bits per heavy atom. The normalized spacial score (nSPS) is 18.5. The largest absolute Gasteiger partial charge is 0.344 e. The van der Waals surface area contributed by atoms with E-state index in [0.717, 1.165) is 25.7 Å². The van der Waals surface area contributed by atoms with Crippen molar-refractivity contribution < 1.29 is 9.92 Å². The third kappa shape index (κ3) is 3.77. The minimum Gasteiger partial charge on any atom is -0.344 e. The zero-order valence-corrected chi connectivity index (χ0v) is 6.49. The van der Waals surface area contributed by atoms with Crippen molar-refractivity contribution in [2.75, 3.05) is 0 Å². The van der Waals surface area contributed by atoms with Crippen LogP contribution >= 0.6 is 0 Å². The molecule has 0 saturated heterocycles. The SMILES string of the molecule is N.O=[N+]([O-])OC1CCCCC1.